The highest BCUT2D eigenvalue weighted by Crippen LogP contribution is 2.28. The Morgan fingerprint density at radius 1 is 1.04 bits per heavy atom. The molecule has 4 nitrogen and oxygen atoms in total. The van der Waals surface area contributed by atoms with E-state index in [1.54, 1.807) is 12.1 Å². The van der Waals surface area contributed by atoms with Gasteiger partial charge in [0.25, 0.3) is 0 Å². The van der Waals surface area contributed by atoms with Gasteiger partial charge in [0.1, 0.15) is 22.6 Å². The number of benzene rings is 3. The summed E-state index contributed by atoms with van der Waals surface area (Å²) in [5.74, 6) is -0.955. The van der Waals surface area contributed by atoms with E-state index >= 15 is 0 Å². The van der Waals surface area contributed by atoms with Gasteiger partial charge in [-0.15, -0.1) is 0 Å². The van der Waals surface area contributed by atoms with E-state index in [1.807, 2.05) is 30.3 Å². The Morgan fingerprint density at radius 2 is 1.85 bits per heavy atom. The van der Waals surface area contributed by atoms with Gasteiger partial charge in [-0.05, 0) is 36.4 Å². The molecular weight excluding hydrogens is 357 g/mol. The Hall–Kier alpha value is -3.18. The first-order valence-corrected chi connectivity index (χ1v) is 8.12. The second-order valence-electron chi connectivity index (χ2n) is 5.50. The van der Waals surface area contributed by atoms with E-state index in [-0.39, 0.29) is 16.3 Å². The quantitative estimate of drug-likeness (QED) is 0.354. The highest BCUT2D eigenvalue weighted by molar-refractivity contribution is 6.33. The molecule has 3 aromatic carbocycles. The maximum atomic E-state index is 13.8. The fraction of sp³-hybridized carbons (Fsp3) is 0. The van der Waals surface area contributed by atoms with Crippen LogP contribution in [0.5, 0.6) is 5.75 Å². The molecule has 0 amide bonds. The summed E-state index contributed by atoms with van der Waals surface area (Å²) in [6.45, 7) is 0. The number of nitrogens with zero attached hydrogens (tertiary/aromatic N) is 1. The standard InChI is InChI=1S/C20H11ClFNO3/c21-14-7-4-8-15(22)18(14)20(24)25-13-9-10-16-17(11-13)26-19(23-16)12-5-2-1-3-6-12/h1-11H. The van der Waals surface area contributed by atoms with Crippen molar-refractivity contribution in [1.82, 2.24) is 4.98 Å². The van der Waals surface area contributed by atoms with Crippen molar-refractivity contribution in [2.45, 2.75) is 0 Å². The number of ether oxygens (including phenoxy) is 1. The average Bonchev–Trinajstić information content (AvgIpc) is 3.06. The van der Waals surface area contributed by atoms with E-state index in [4.69, 9.17) is 20.8 Å². The molecule has 4 rings (SSSR count). The Bertz CT molecular complexity index is 1090. The lowest BCUT2D eigenvalue weighted by atomic mass is 10.2. The first-order chi connectivity index (χ1) is 12.6. The summed E-state index contributed by atoms with van der Waals surface area (Å²) in [4.78, 5) is 16.6. The summed E-state index contributed by atoms with van der Waals surface area (Å²) in [5, 5.41) is -0.0119. The van der Waals surface area contributed by atoms with E-state index in [1.165, 1.54) is 18.2 Å². The molecule has 0 bridgehead atoms. The van der Waals surface area contributed by atoms with Gasteiger partial charge in [0.2, 0.25) is 5.89 Å². The van der Waals surface area contributed by atoms with Crippen LogP contribution in [0.2, 0.25) is 5.02 Å². The monoisotopic (exact) mass is 367 g/mol. The number of rotatable bonds is 3. The van der Waals surface area contributed by atoms with E-state index < -0.39 is 11.8 Å². The molecule has 0 N–H and O–H groups in total. The summed E-state index contributed by atoms with van der Waals surface area (Å²) < 4.78 is 24.8. The van der Waals surface area contributed by atoms with Gasteiger partial charge in [0.15, 0.2) is 5.58 Å². The summed E-state index contributed by atoms with van der Waals surface area (Å²) >= 11 is 5.89. The molecule has 1 aromatic heterocycles. The van der Waals surface area contributed by atoms with Gasteiger partial charge in [-0.1, -0.05) is 35.9 Å². The van der Waals surface area contributed by atoms with Crippen molar-refractivity contribution < 1.29 is 18.3 Å². The Kier molecular flexibility index (Phi) is 4.14. The third kappa shape index (κ3) is 3.05. The maximum absolute atomic E-state index is 13.8. The minimum Gasteiger partial charge on any atom is -0.436 e. The zero-order valence-electron chi connectivity index (χ0n) is 13.3. The third-order valence-corrected chi connectivity index (χ3v) is 4.07. The molecule has 128 valence electrons. The molecule has 4 aromatic rings. The second kappa shape index (κ2) is 6.61. The number of fused-ring (bicyclic) bond motifs is 1. The first-order valence-electron chi connectivity index (χ1n) is 7.74. The lowest BCUT2D eigenvalue weighted by Gasteiger charge is -2.06. The van der Waals surface area contributed by atoms with E-state index in [2.05, 4.69) is 4.98 Å². The van der Waals surface area contributed by atoms with Gasteiger partial charge in [-0.3, -0.25) is 0 Å². The number of oxazole rings is 1. The highest BCUT2D eigenvalue weighted by atomic mass is 35.5. The molecule has 0 radical (unpaired) electrons. The highest BCUT2D eigenvalue weighted by Gasteiger charge is 2.18. The number of carbonyl (C=O) groups is 1. The van der Waals surface area contributed by atoms with Gasteiger partial charge in [0, 0.05) is 11.6 Å². The Labute approximate surface area is 152 Å². The van der Waals surface area contributed by atoms with Crippen molar-refractivity contribution in [3.63, 3.8) is 0 Å². The molecule has 0 aliphatic rings. The van der Waals surface area contributed by atoms with Gasteiger partial charge in [-0.2, -0.15) is 0 Å². The first kappa shape index (κ1) is 16.3. The summed E-state index contributed by atoms with van der Waals surface area (Å²) in [5.41, 5.74) is 1.60. The summed E-state index contributed by atoms with van der Waals surface area (Å²) in [7, 11) is 0. The Balaban J connectivity index is 1.65. The molecule has 0 saturated carbocycles. The molecule has 6 heteroatoms. The van der Waals surface area contributed by atoms with Crippen LogP contribution in [0.3, 0.4) is 0 Å². The number of esters is 1. The predicted molar refractivity (Wildman–Crippen MR) is 95.8 cm³/mol. The fourth-order valence-corrected chi connectivity index (χ4v) is 2.76. The lowest BCUT2D eigenvalue weighted by Crippen LogP contribution is -2.11. The number of hydrogen-bond donors (Lipinski definition) is 0. The van der Waals surface area contributed by atoms with Gasteiger partial charge in [-0.25, -0.2) is 14.2 Å². The zero-order valence-corrected chi connectivity index (χ0v) is 14.0. The predicted octanol–water partition coefficient (Wildman–Crippen LogP) is 5.51. The second-order valence-corrected chi connectivity index (χ2v) is 5.91. The van der Waals surface area contributed by atoms with Gasteiger partial charge >= 0.3 is 5.97 Å². The molecule has 0 unspecified atom stereocenters. The van der Waals surface area contributed by atoms with Crippen molar-refractivity contribution in [2.75, 3.05) is 0 Å². The number of halogens is 2. The van der Waals surface area contributed by atoms with Crippen LogP contribution in [0.4, 0.5) is 4.39 Å². The topological polar surface area (TPSA) is 52.3 Å². The molecule has 0 atom stereocenters. The van der Waals surface area contributed by atoms with Crippen molar-refractivity contribution in [2.24, 2.45) is 0 Å². The molecule has 0 saturated heterocycles. The molecule has 0 aliphatic carbocycles. The molecule has 0 spiro atoms. The molecular formula is C20H11ClFNO3. The fourth-order valence-electron chi connectivity index (χ4n) is 2.52. The number of aromatic nitrogens is 1. The number of carbonyl (C=O) groups excluding carboxylic acids is 1. The van der Waals surface area contributed by atoms with Crippen molar-refractivity contribution >= 4 is 28.7 Å². The van der Waals surface area contributed by atoms with Crippen molar-refractivity contribution in [3.8, 4) is 17.2 Å². The van der Waals surface area contributed by atoms with E-state index in [0.29, 0.717) is 17.0 Å². The van der Waals surface area contributed by atoms with Crippen LogP contribution < -0.4 is 4.74 Å². The van der Waals surface area contributed by atoms with Crippen LogP contribution in [0.25, 0.3) is 22.6 Å². The van der Waals surface area contributed by atoms with Crippen LogP contribution in [0.1, 0.15) is 10.4 Å². The summed E-state index contributed by atoms with van der Waals surface area (Å²) in [6.07, 6.45) is 0. The minimum atomic E-state index is -0.879. The van der Waals surface area contributed by atoms with Gasteiger partial charge < -0.3 is 9.15 Å². The summed E-state index contributed by atoms with van der Waals surface area (Å²) in [6, 6.07) is 18.2. The van der Waals surface area contributed by atoms with Crippen LogP contribution in [-0.2, 0) is 0 Å². The largest absolute Gasteiger partial charge is 0.436 e. The van der Waals surface area contributed by atoms with Crippen molar-refractivity contribution in [3.05, 3.63) is 83.1 Å². The maximum Gasteiger partial charge on any atom is 0.348 e. The smallest absolute Gasteiger partial charge is 0.348 e. The molecule has 0 fully saturated rings. The van der Waals surface area contributed by atoms with Crippen LogP contribution in [0, 0.1) is 5.82 Å². The van der Waals surface area contributed by atoms with E-state index in [0.717, 1.165) is 11.6 Å². The average molecular weight is 368 g/mol. The molecule has 26 heavy (non-hydrogen) atoms. The van der Waals surface area contributed by atoms with Crippen LogP contribution in [-0.4, -0.2) is 11.0 Å². The SMILES string of the molecule is O=C(Oc1ccc2nc(-c3ccccc3)oc2c1)c1c(F)cccc1Cl. The van der Waals surface area contributed by atoms with Crippen LogP contribution >= 0.6 is 11.6 Å². The normalized spacial score (nSPS) is 10.8. The van der Waals surface area contributed by atoms with Crippen molar-refractivity contribution in [1.29, 1.82) is 0 Å². The molecule has 1 heterocycles. The Morgan fingerprint density at radius 3 is 2.62 bits per heavy atom. The zero-order chi connectivity index (χ0) is 18.1. The third-order valence-electron chi connectivity index (χ3n) is 3.76. The number of hydrogen-bond acceptors (Lipinski definition) is 4. The van der Waals surface area contributed by atoms with E-state index in [9.17, 15) is 9.18 Å². The minimum absolute atomic E-state index is 0.0119. The molecule has 0 aliphatic heterocycles. The van der Waals surface area contributed by atoms with Crippen LogP contribution in [0.15, 0.2) is 71.1 Å². The van der Waals surface area contributed by atoms with Gasteiger partial charge in [0.05, 0.1) is 5.02 Å². The lowest BCUT2D eigenvalue weighted by molar-refractivity contribution is 0.0730.